The lowest BCUT2D eigenvalue weighted by Gasteiger charge is -2.34. The van der Waals surface area contributed by atoms with Crippen LogP contribution in [0, 0.1) is 11.8 Å². The van der Waals surface area contributed by atoms with Gasteiger partial charge in [-0.3, -0.25) is 14.3 Å². The van der Waals surface area contributed by atoms with Crippen molar-refractivity contribution in [2.75, 3.05) is 18.0 Å². The fourth-order valence-corrected chi connectivity index (χ4v) is 4.74. The summed E-state index contributed by atoms with van der Waals surface area (Å²) in [5.41, 5.74) is 2.19. The molecule has 1 aliphatic heterocycles. The minimum atomic E-state index is -0.352. The standard InChI is InChI=1S/C27H33N3O3/c1-19(2)18-30-26(32)24(17-22-9-6-10-23(31)16-22)25(28-27(30)33)29-13-11-21(12-14-29)15-20-7-4-3-5-8-20/h3-10,16,19,21,31H,11-15,17-18H2,1-2H3,(H,28,33). The molecule has 0 aliphatic carbocycles. The van der Waals surface area contributed by atoms with Gasteiger partial charge in [0.05, 0.1) is 5.56 Å². The molecule has 1 fully saturated rings. The van der Waals surface area contributed by atoms with Crippen LogP contribution in [0.25, 0.3) is 0 Å². The van der Waals surface area contributed by atoms with Gasteiger partial charge in [-0.25, -0.2) is 4.79 Å². The molecule has 0 radical (unpaired) electrons. The van der Waals surface area contributed by atoms with Gasteiger partial charge in [0, 0.05) is 26.1 Å². The number of hydrogen-bond acceptors (Lipinski definition) is 4. The molecule has 2 aromatic carbocycles. The minimum Gasteiger partial charge on any atom is -0.508 e. The minimum absolute atomic E-state index is 0.169. The number of piperidine rings is 1. The third-order valence-electron chi connectivity index (χ3n) is 6.40. The van der Waals surface area contributed by atoms with Gasteiger partial charge in [-0.15, -0.1) is 0 Å². The van der Waals surface area contributed by atoms with Crippen LogP contribution in [0.2, 0.25) is 0 Å². The molecule has 6 nitrogen and oxygen atoms in total. The molecule has 0 saturated carbocycles. The van der Waals surface area contributed by atoms with E-state index in [-0.39, 0.29) is 22.9 Å². The summed E-state index contributed by atoms with van der Waals surface area (Å²) in [4.78, 5) is 31.5. The highest BCUT2D eigenvalue weighted by Crippen LogP contribution is 2.27. The number of hydrogen-bond donors (Lipinski definition) is 2. The number of benzene rings is 2. The van der Waals surface area contributed by atoms with Crippen LogP contribution in [-0.2, 0) is 19.4 Å². The van der Waals surface area contributed by atoms with Gasteiger partial charge in [-0.1, -0.05) is 56.3 Å². The number of aromatic hydroxyl groups is 1. The Morgan fingerprint density at radius 2 is 1.70 bits per heavy atom. The lowest BCUT2D eigenvalue weighted by Crippen LogP contribution is -2.43. The van der Waals surface area contributed by atoms with E-state index in [2.05, 4.69) is 34.1 Å². The summed E-state index contributed by atoms with van der Waals surface area (Å²) in [6.07, 6.45) is 3.44. The zero-order valence-electron chi connectivity index (χ0n) is 19.5. The van der Waals surface area contributed by atoms with E-state index in [1.54, 1.807) is 18.2 Å². The maximum absolute atomic E-state index is 13.4. The third kappa shape index (κ3) is 5.56. The second-order valence-electron chi connectivity index (χ2n) is 9.53. The van der Waals surface area contributed by atoms with Crippen molar-refractivity contribution >= 4 is 5.82 Å². The Morgan fingerprint density at radius 3 is 2.36 bits per heavy atom. The first kappa shape index (κ1) is 22.9. The summed E-state index contributed by atoms with van der Waals surface area (Å²) in [7, 11) is 0. The van der Waals surface area contributed by atoms with Crippen LogP contribution in [0.4, 0.5) is 5.82 Å². The van der Waals surface area contributed by atoms with Gasteiger partial charge in [0.25, 0.3) is 5.56 Å². The molecule has 33 heavy (non-hydrogen) atoms. The number of aromatic amines is 1. The van der Waals surface area contributed by atoms with Crippen LogP contribution in [-0.4, -0.2) is 27.7 Å². The molecular formula is C27H33N3O3. The number of nitrogens with zero attached hydrogens (tertiary/aromatic N) is 2. The summed E-state index contributed by atoms with van der Waals surface area (Å²) in [5, 5.41) is 9.89. The number of rotatable bonds is 7. The zero-order valence-corrected chi connectivity index (χ0v) is 19.5. The second-order valence-corrected chi connectivity index (χ2v) is 9.53. The molecule has 4 rings (SSSR count). The molecule has 3 aromatic rings. The van der Waals surface area contributed by atoms with E-state index in [0.29, 0.717) is 30.3 Å². The van der Waals surface area contributed by atoms with Crippen molar-refractivity contribution in [1.82, 2.24) is 9.55 Å². The largest absolute Gasteiger partial charge is 0.508 e. The van der Waals surface area contributed by atoms with Crippen molar-refractivity contribution in [3.05, 3.63) is 92.1 Å². The Kier molecular flexibility index (Phi) is 7.02. The maximum Gasteiger partial charge on any atom is 0.329 e. The van der Waals surface area contributed by atoms with Crippen LogP contribution in [0.5, 0.6) is 5.75 Å². The van der Waals surface area contributed by atoms with E-state index in [1.807, 2.05) is 26.0 Å². The summed E-state index contributed by atoms with van der Waals surface area (Å²) < 4.78 is 1.31. The molecular weight excluding hydrogens is 414 g/mol. The van der Waals surface area contributed by atoms with Crippen molar-refractivity contribution in [2.24, 2.45) is 11.8 Å². The predicted octanol–water partition coefficient (Wildman–Crippen LogP) is 3.95. The molecule has 0 amide bonds. The van der Waals surface area contributed by atoms with Crippen LogP contribution < -0.4 is 16.1 Å². The van der Waals surface area contributed by atoms with Crippen molar-refractivity contribution in [1.29, 1.82) is 0 Å². The van der Waals surface area contributed by atoms with Crippen LogP contribution in [0.15, 0.2) is 64.2 Å². The van der Waals surface area contributed by atoms with E-state index in [1.165, 1.54) is 10.1 Å². The Balaban J connectivity index is 1.61. The molecule has 174 valence electrons. The lowest BCUT2D eigenvalue weighted by molar-refractivity contribution is 0.400. The maximum atomic E-state index is 13.4. The van der Waals surface area contributed by atoms with E-state index < -0.39 is 0 Å². The first-order valence-electron chi connectivity index (χ1n) is 11.8. The number of H-pyrrole nitrogens is 1. The van der Waals surface area contributed by atoms with Gasteiger partial charge in [-0.2, -0.15) is 0 Å². The molecule has 0 bridgehead atoms. The second kappa shape index (κ2) is 10.1. The summed E-state index contributed by atoms with van der Waals surface area (Å²) in [5.74, 6) is 1.57. The first-order chi connectivity index (χ1) is 15.9. The Hall–Kier alpha value is -3.28. The van der Waals surface area contributed by atoms with Crippen molar-refractivity contribution in [3.63, 3.8) is 0 Å². The average Bonchev–Trinajstić information content (AvgIpc) is 2.79. The van der Waals surface area contributed by atoms with Gasteiger partial charge in [0.15, 0.2) is 0 Å². The average molecular weight is 448 g/mol. The highest BCUT2D eigenvalue weighted by Gasteiger charge is 2.25. The smallest absolute Gasteiger partial charge is 0.329 e. The number of phenols is 1. The molecule has 6 heteroatoms. The number of nitrogens with one attached hydrogen (secondary N) is 1. The molecule has 0 unspecified atom stereocenters. The normalized spacial score (nSPS) is 14.7. The molecule has 2 heterocycles. The van der Waals surface area contributed by atoms with Gasteiger partial charge < -0.3 is 10.0 Å². The fraction of sp³-hybridized carbons (Fsp3) is 0.407. The van der Waals surface area contributed by atoms with Gasteiger partial charge in [0.1, 0.15) is 11.6 Å². The zero-order chi connectivity index (χ0) is 23.4. The molecule has 1 aliphatic rings. The van der Waals surface area contributed by atoms with Crippen LogP contribution >= 0.6 is 0 Å². The third-order valence-corrected chi connectivity index (χ3v) is 6.40. The Labute approximate surface area is 194 Å². The van der Waals surface area contributed by atoms with E-state index in [4.69, 9.17) is 0 Å². The van der Waals surface area contributed by atoms with Crippen molar-refractivity contribution in [3.8, 4) is 5.75 Å². The Morgan fingerprint density at radius 1 is 1.00 bits per heavy atom. The van der Waals surface area contributed by atoms with Crippen molar-refractivity contribution in [2.45, 2.75) is 46.1 Å². The number of aromatic nitrogens is 2. The topological polar surface area (TPSA) is 78.3 Å². The number of phenolic OH excluding ortho intramolecular Hbond substituents is 1. The van der Waals surface area contributed by atoms with Gasteiger partial charge in [0.2, 0.25) is 0 Å². The molecule has 1 aromatic heterocycles. The SMILES string of the molecule is CC(C)Cn1c(=O)[nH]c(N2CCC(Cc3ccccc3)CC2)c(Cc2cccc(O)c2)c1=O. The lowest BCUT2D eigenvalue weighted by atomic mass is 9.90. The number of anilines is 1. The van der Waals surface area contributed by atoms with Gasteiger partial charge >= 0.3 is 5.69 Å². The van der Waals surface area contributed by atoms with E-state index >= 15 is 0 Å². The van der Waals surface area contributed by atoms with Gasteiger partial charge in [-0.05, 0) is 54.4 Å². The van der Waals surface area contributed by atoms with Crippen LogP contribution in [0.1, 0.15) is 43.4 Å². The first-order valence-corrected chi connectivity index (χ1v) is 11.8. The highest BCUT2D eigenvalue weighted by atomic mass is 16.3. The quantitative estimate of drug-likeness (QED) is 0.575. The monoisotopic (exact) mass is 447 g/mol. The highest BCUT2D eigenvalue weighted by molar-refractivity contribution is 5.48. The summed E-state index contributed by atoms with van der Waals surface area (Å²) in [6.45, 7) is 5.96. The van der Waals surface area contributed by atoms with E-state index in [9.17, 15) is 14.7 Å². The van der Waals surface area contributed by atoms with Crippen molar-refractivity contribution < 1.29 is 5.11 Å². The Bertz CT molecular complexity index is 1190. The fourth-order valence-electron chi connectivity index (χ4n) is 4.74. The van der Waals surface area contributed by atoms with E-state index in [0.717, 1.165) is 37.9 Å². The summed E-state index contributed by atoms with van der Waals surface area (Å²) >= 11 is 0. The predicted molar refractivity (Wildman–Crippen MR) is 132 cm³/mol. The summed E-state index contributed by atoms with van der Waals surface area (Å²) in [6, 6.07) is 17.5. The molecule has 0 atom stereocenters. The molecule has 2 N–H and O–H groups in total. The molecule has 1 saturated heterocycles. The molecule has 0 spiro atoms. The van der Waals surface area contributed by atoms with Crippen LogP contribution in [0.3, 0.4) is 0 Å².